The smallest absolute Gasteiger partial charge is 0.408 e. The van der Waals surface area contributed by atoms with Gasteiger partial charge in [0.05, 0.1) is 5.01 Å². The molecule has 1 atom stereocenters. The Hall–Kier alpha value is -2.95. The Morgan fingerprint density at radius 1 is 1.13 bits per heavy atom. The van der Waals surface area contributed by atoms with E-state index >= 15 is 0 Å². The first kappa shape index (κ1) is 24.3. The van der Waals surface area contributed by atoms with Crippen molar-refractivity contribution >= 4 is 29.4 Å². The number of alkyl carbamates (subject to hydrolysis) is 1. The summed E-state index contributed by atoms with van der Waals surface area (Å²) in [5.41, 5.74) is -1.35. The second-order valence-corrected chi connectivity index (χ2v) is 9.73. The summed E-state index contributed by atoms with van der Waals surface area (Å²) >= 11 is 1.21. The minimum absolute atomic E-state index is 0.0459. The maximum Gasteiger partial charge on any atom is 0.408 e. The highest BCUT2D eigenvalue weighted by Gasteiger charge is 2.30. The van der Waals surface area contributed by atoms with E-state index in [9.17, 15) is 14.4 Å². The number of nitrogens with one attached hydrogen (secondary N) is 1. The van der Waals surface area contributed by atoms with Crippen LogP contribution in [0.2, 0.25) is 0 Å². The molecule has 0 aromatic carbocycles. The van der Waals surface area contributed by atoms with Gasteiger partial charge in [0.1, 0.15) is 28.7 Å². The first-order valence-corrected chi connectivity index (χ1v) is 10.4. The fourth-order valence-corrected chi connectivity index (χ4v) is 3.21. The van der Waals surface area contributed by atoms with Crippen molar-refractivity contribution in [1.82, 2.24) is 15.3 Å². The van der Waals surface area contributed by atoms with Crippen molar-refractivity contribution in [3.63, 3.8) is 0 Å². The van der Waals surface area contributed by atoms with Crippen LogP contribution < -0.4 is 5.32 Å². The van der Waals surface area contributed by atoms with Crippen LogP contribution >= 0.6 is 11.3 Å². The predicted octanol–water partition coefficient (Wildman–Crippen LogP) is 3.58. The van der Waals surface area contributed by atoms with E-state index in [4.69, 9.17) is 19.0 Å². The van der Waals surface area contributed by atoms with Crippen molar-refractivity contribution in [2.24, 2.45) is 0 Å². The number of carboxylic acid groups (broad SMARTS) is 1. The SMILES string of the molecule is Cc1oc(-c2csc(C[C@H](NC(=O)OC(C)(C)C)C(=O)OC(C)(C)C)n2)nc1C(=O)O. The lowest BCUT2D eigenvalue weighted by Crippen LogP contribution is -2.47. The average Bonchev–Trinajstić information content (AvgIpc) is 3.17. The number of carbonyl (C=O) groups excluding carboxylic acids is 2. The van der Waals surface area contributed by atoms with Crippen LogP contribution in [-0.4, -0.2) is 50.4 Å². The fourth-order valence-electron chi connectivity index (χ4n) is 2.40. The molecule has 0 spiro atoms. The summed E-state index contributed by atoms with van der Waals surface area (Å²) in [5, 5.41) is 13.8. The minimum atomic E-state index is -1.20. The highest BCUT2D eigenvalue weighted by Crippen LogP contribution is 2.25. The number of aromatic nitrogens is 2. The van der Waals surface area contributed by atoms with Crippen molar-refractivity contribution < 1.29 is 33.4 Å². The molecule has 10 nitrogen and oxygen atoms in total. The van der Waals surface area contributed by atoms with Gasteiger partial charge in [-0.15, -0.1) is 11.3 Å². The zero-order chi connectivity index (χ0) is 23.6. The number of nitrogens with zero attached hydrogens (tertiary/aromatic N) is 2. The molecule has 2 aromatic heterocycles. The van der Waals surface area contributed by atoms with Crippen LogP contribution in [0.25, 0.3) is 11.6 Å². The third kappa shape index (κ3) is 7.35. The Kier molecular flexibility index (Phi) is 7.10. The van der Waals surface area contributed by atoms with Crippen LogP contribution in [0.4, 0.5) is 4.79 Å². The van der Waals surface area contributed by atoms with Gasteiger partial charge in [-0.3, -0.25) is 0 Å². The lowest BCUT2D eigenvalue weighted by molar-refractivity contribution is -0.157. The van der Waals surface area contributed by atoms with E-state index in [2.05, 4.69) is 15.3 Å². The van der Waals surface area contributed by atoms with Crippen LogP contribution in [0.5, 0.6) is 0 Å². The van der Waals surface area contributed by atoms with Crippen molar-refractivity contribution in [1.29, 1.82) is 0 Å². The summed E-state index contributed by atoms with van der Waals surface area (Å²) < 4.78 is 16.0. The molecule has 0 aliphatic rings. The van der Waals surface area contributed by atoms with Crippen molar-refractivity contribution in [2.45, 2.75) is 72.1 Å². The molecule has 0 radical (unpaired) electrons. The van der Waals surface area contributed by atoms with E-state index in [-0.39, 0.29) is 23.8 Å². The molecule has 2 heterocycles. The number of aromatic carboxylic acids is 1. The molecule has 0 aliphatic carbocycles. The number of hydrogen-bond donors (Lipinski definition) is 2. The molecule has 2 N–H and O–H groups in total. The Morgan fingerprint density at radius 3 is 2.26 bits per heavy atom. The fraction of sp³-hybridized carbons (Fsp3) is 0.550. The number of thiazole rings is 1. The van der Waals surface area contributed by atoms with Crippen LogP contribution in [0, 0.1) is 6.92 Å². The molecule has 0 unspecified atom stereocenters. The molecule has 0 aliphatic heterocycles. The molecule has 0 bridgehead atoms. The molecular weight excluding hydrogens is 426 g/mol. The van der Waals surface area contributed by atoms with Gasteiger partial charge in [-0.05, 0) is 48.5 Å². The van der Waals surface area contributed by atoms with E-state index in [0.29, 0.717) is 10.7 Å². The highest BCUT2D eigenvalue weighted by atomic mass is 32.1. The van der Waals surface area contributed by atoms with E-state index in [1.54, 1.807) is 46.9 Å². The molecule has 2 rings (SSSR count). The Balaban J connectivity index is 2.22. The molecule has 2 aromatic rings. The summed E-state index contributed by atoms with van der Waals surface area (Å²) in [5.74, 6) is -1.61. The van der Waals surface area contributed by atoms with E-state index in [0.717, 1.165) is 0 Å². The van der Waals surface area contributed by atoms with Crippen LogP contribution in [-0.2, 0) is 20.7 Å². The number of amides is 1. The number of carbonyl (C=O) groups is 3. The van der Waals surface area contributed by atoms with Gasteiger partial charge >= 0.3 is 18.0 Å². The third-order valence-corrected chi connectivity index (χ3v) is 4.40. The van der Waals surface area contributed by atoms with E-state index in [1.165, 1.54) is 18.3 Å². The van der Waals surface area contributed by atoms with Gasteiger partial charge < -0.3 is 24.3 Å². The van der Waals surface area contributed by atoms with Gasteiger partial charge in [0.25, 0.3) is 0 Å². The maximum atomic E-state index is 12.7. The largest absolute Gasteiger partial charge is 0.476 e. The summed E-state index contributed by atoms with van der Waals surface area (Å²) in [6, 6.07) is -1.03. The topological polar surface area (TPSA) is 141 Å². The Morgan fingerprint density at radius 2 is 1.74 bits per heavy atom. The normalized spacial score (nSPS) is 12.9. The number of rotatable bonds is 6. The first-order chi connectivity index (χ1) is 14.1. The number of aryl methyl sites for hydroxylation is 1. The average molecular weight is 454 g/mol. The van der Waals surface area contributed by atoms with Crippen LogP contribution in [0.1, 0.15) is 62.8 Å². The molecule has 170 valence electrons. The molecule has 0 saturated heterocycles. The van der Waals surface area contributed by atoms with Gasteiger partial charge in [-0.2, -0.15) is 0 Å². The number of hydrogen-bond acceptors (Lipinski definition) is 9. The van der Waals surface area contributed by atoms with Crippen molar-refractivity contribution in [3.05, 3.63) is 21.8 Å². The summed E-state index contributed by atoms with van der Waals surface area (Å²) in [6.07, 6.45) is -0.709. The monoisotopic (exact) mass is 453 g/mol. The summed E-state index contributed by atoms with van der Waals surface area (Å²) in [7, 11) is 0. The molecular formula is C20H27N3O7S. The second kappa shape index (κ2) is 9.04. The third-order valence-electron chi connectivity index (χ3n) is 3.53. The van der Waals surface area contributed by atoms with E-state index in [1.807, 2.05) is 0 Å². The number of carboxylic acids is 1. The van der Waals surface area contributed by atoms with E-state index < -0.39 is 35.3 Å². The molecule has 1 amide bonds. The molecule has 0 saturated carbocycles. The Bertz CT molecular complexity index is 966. The molecule has 11 heteroatoms. The van der Waals surface area contributed by atoms with Crippen molar-refractivity contribution in [2.75, 3.05) is 0 Å². The number of esters is 1. The second-order valence-electron chi connectivity index (χ2n) is 8.79. The van der Waals surface area contributed by atoms with Crippen LogP contribution in [0.15, 0.2) is 9.80 Å². The standard InChI is InChI=1S/C20H27N3O7S/c1-10-14(16(24)25)23-15(28-10)12-9-31-13(21-12)8-11(17(26)29-19(2,3)4)22-18(27)30-20(5,6)7/h9,11H,8H2,1-7H3,(H,22,27)(H,24,25)/t11-/m0/s1. The summed E-state index contributed by atoms with van der Waals surface area (Å²) in [4.78, 5) is 44.3. The quantitative estimate of drug-likeness (QED) is 0.628. The highest BCUT2D eigenvalue weighted by molar-refractivity contribution is 7.09. The Labute approximate surface area is 184 Å². The molecule has 0 fully saturated rings. The zero-order valence-corrected chi connectivity index (χ0v) is 19.4. The predicted molar refractivity (Wildman–Crippen MR) is 112 cm³/mol. The van der Waals surface area contributed by atoms with Crippen LogP contribution in [0.3, 0.4) is 0 Å². The van der Waals surface area contributed by atoms with Gasteiger partial charge in [0, 0.05) is 11.8 Å². The van der Waals surface area contributed by atoms with Gasteiger partial charge in [0.15, 0.2) is 5.69 Å². The van der Waals surface area contributed by atoms with Gasteiger partial charge in [-0.25, -0.2) is 24.4 Å². The molecule has 31 heavy (non-hydrogen) atoms. The lowest BCUT2D eigenvalue weighted by Gasteiger charge is -2.25. The van der Waals surface area contributed by atoms with Gasteiger partial charge in [0.2, 0.25) is 5.89 Å². The zero-order valence-electron chi connectivity index (χ0n) is 18.6. The lowest BCUT2D eigenvalue weighted by atomic mass is 10.1. The number of oxazole rings is 1. The minimum Gasteiger partial charge on any atom is -0.476 e. The maximum absolute atomic E-state index is 12.7. The van der Waals surface area contributed by atoms with Crippen molar-refractivity contribution in [3.8, 4) is 11.6 Å². The number of ether oxygens (including phenoxy) is 2. The summed E-state index contributed by atoms with van der Waals surface area (Å²) in [6.45, 7) is 11.8. The van der Waals surface area contributed by atoms with Gasteiger partial charge in [-0.1, -0.05) is 0 Å². The first-order valence-electron chi connectivity index (χ1n) is 9.52.